The molecule has 1 aliphatic carbocycles. The summed E-state index contributed by atoms with van der Waals surface area (Å²) in [6, 6.07) is 12.3. The monoisotopic (exact) mass is 402 g/mol. The minimum absolute atomic E-state index is 0.213. The number of nitrogens with one attached hydrogen (secondary N) is 1. The van der Waals surface area contributed by atoms with Crippen molar-refractivity contribution in [2.24, 2.45) is 0 Å². The molecule has 0 saturated carbocycles. The number of fused-ring (bicyclic) bond motifs is 1. The van der Waals surface area contributed by atoms with Crippen LogP contribution in [0.25, 0.3) is 0 Å². The van der Waals surface area contributed by atoms with Gasteiger partial charge in [0.15, 0.2) is 0 Å². The smallest absolute Gasteiger partial charge is 0.243 e. The minimum atomic E-state index is -3.74. The highest BCUT2D eigenvalue weighted by Gasteiger charge is 2.26. The topological polar surface area (TPSA) is 75.7 Å². The highest BCUT2D eigenvalue weighted by molar-refractivity contribution is 7.89. The van der Waals surface area contributed by atoms with Gasteiger partial charge in [0.05, 0.1) is 18.6 Å². The average molecular weight is 403 g/mol. The Morgan fingerprint density at radius 3 is 2.57 bits per heavy atom. The van der Waals surface area contributed by atoms with Crippen LogP contribution in [0, 0.1) is 0 Å². The Balaban J connectivity index is 1.75. The van der Waals surface area contributed by atoms with Gasteiger partial charge in [-0.2, -0.15) is 4.31 Å². The Kier molecular flexibility index (Phi) is 6.36. The summed E-state index contributed by atoms with van der Waals surface area (Å²) in [5, 5.41) is 2.73. The maximum Gasteiger partial charge on any atom is 0.243 e. The summed E-state index contributed by atoms with van der Waals surface area (Å²) in [5.74, 6) is 0.225. The molecule has 0 aliphatic heterocycles. The van der Waals surface area contributed by atoms with Crippen LogP contribution in [0.4, 0.5) is 5.69 Å². The molecular weight excluding hydrogens is 376 g/mol. The van der Waals surface area contributed by atoms with Gasteiger partial charge in [-0.1, -0.05) is 19.1 Å². The Labute approximate surface area is 166 Å². The van der Waals surface area contributed by atoms with Gasteiger partial charge >= 0.3 is 0 Å². The van der Waals surface area contributed by atoms with E-state index in [1.807, 2.05) is 6.07 Å². The van der Waals surface area contributed by atoms with Crippen molar-refractivity contribution < 1.29 is 17.9 Å². The molecule has 0 aromatic heterocycles. The highest BCUT2D eigenvalue weighted by atomic mass is 32.2. The molecule has 0 saturated heterocycles. The van der Waals surface area contributed by atoms with Gasteiger partial charge < -0.3 is 10.1 Å². The third kappa shape index (κ3) is 4.54. The Morgan fingerprint density at radius 1 is 1.11 bits per heavy atom. The van der Waals surface area contributed by atoms with E-state index in [1.165, 1.54) is 9.87 Å². The van der Waals surface area contributed by atoms with Gasteiger partial charge in [-0.15, -0.1) is 0 Å². The molecule has 1 aliphatic rings. The third-order valence-electron chi connectivity index (χ3n) is 4.98. The molecule has 0 atom stereocenters. The zero-order valence-corrected chi connectivity index (χ0v) is 17.1. The number of anilines is 1. The standard InChI is InChI=1S/C21H26N2O4S/c1-3-23(15-21(24)22-18-9-6-10-19(14-18)27-2)28(25,26)20-12-11-16-7-4-5-8-17(16)13-20/h6,9-14H,3-5,7-8,15H2,1-2H3,(H,22,24). The van der Waals surface area contributed by atoms with Crippen LogP contribution in [-0.2, 0) is 27.7 Å². The quantitative estimate of drug-likeness (QED) is 0.772. The van der Waals surface area contributed by atoms with Gasteiger partial charge in [0, 0.05) is 18.3 Å². The van der Waals surface area contributed by atoms with Crippen LogP contribution in [0.1, 0.15) is 30.9 Å². The summed E-state index contributed by atoms with van der Waals surface area (Å²) in [5.41, 5.74) is 2.89. The molecule has 3 rings (SSSR count). The predicted octanol–water partition coefficient (Wildman–Crippen LogP) is 3.22. The van der Waals surface area contributed by atoms with Crippen molar-refractivity contribution in [3.8, 4) is 5.75 Å². The van der Waals surface area contributed by atoms with Crippen LogP contribution in [0.3, 0.4) is 0 Å². The van der Waals surface area contributed by atoms with E-state index >= 15 is 0 Å². The second kappa shape index (κ2) is 8.75. The lowest BCUT2D eigenvalue weighted by molar-refractivity contribution is -0.116. The van der Waals surface area contributed by atoms with E-state index in [0.717, 1.165) is 31.2 Å². The molecule has 1 N–H and O–H groups in total. The summed E-state index contributed by atoms with van der Waals surface area (Å²) in [6.07, 6.45) is 4.12. The summed E-state index contributed by atoms with van der Waals surface area (Å²) in [4.78, 5) is 12.7. The van der Waals surface area contributed by atoms with Gasteiger partial charge in [-0.25, -0.2) is 8.42 Å². The molecule has 0 spiro atoms. The molecule has 150 valence electrons. The molecule has 0 unspecified atom stereocenters. The fraction of sp³-hybridized carbons (Fsp3) is 0.381. The number of hydrogen-bond donors (Lipinski definition) is 1. The van der Waals surface area contributed by atoms with Gasteiger partial charge in [-0.05, 0) is 61.1 Å². The first kappa shape index (κ1) is 20.4. The van der Waals surface area contributed by atoms with E-state index in [1.54, 1.807) is 50.4 Å². The van der Waals surface area contributed by atoms with Crippen LogP contribution in [0.2, 0.25) is 0 Å². The number of rotatable bonds is 7. The third-order valence-corrected chi connectivity index (χ3v) is 6.90. The largest absolute Gasteiger partial charge is 0.497 e. The van der Waals surface area contributed by atoms with Crippen molar-refractivity contribution in [2.75, 3.05) is 25.5 Å². The van der Waals surface area contributed by atoms with Crippen molar-refractivity contribution in [2.45, 2.75) is 37.5 Å². The first-order valence-corrected chi connectivity index (χ1v) is 10.9. The van der Waals surface area contributed by atoms with Crippen molar-refractivity contribution >= 4 is 21.6 Å². The second-order valence-corrected chi connectivity index (χ2v) is 8.79. The maximum atomic E-state index is 13.1. The molecule has 0 bridgehead atoms. The van der Waals surface area contributed by atoms with Crippen LogP contribution >= 0.6 is 0 Å². The minimum Gasteiger partial charge on any atom is -0.497 e. The lowest BCUT2D eigenvalue weighted by Crippen LogP contribution is -2.37. The van der Waals surface area contributed by atoms with E-state index in [-0.39, 0.29) is 18.0 Å². The second-order valence-electron chi connectivity index (χ2n) is 6.85. The predicted molar refractivity (Wildman–Crippen MR) is 109 cm³/mol. The fourth-order valence-corrected chi connectivity index (χ4v) is 4.90. The van der Waals surface area contributed by atoms with E-state index < -0.39 is 15.9 Å². The lowest BCUT2D eigenvalue weighted by Gasteiger charge is -2.22. The average Bonchev–Trinajstić information content (AvgIpc) is 2.71. The summed E-state index contributed by atoms with van der Waals surface area (Å²) in [6.45, 7) is 1.70. The normalized spacial score (nSPS) is 13.8. The van der Waals surface area contributed by atoms with Gasteiger partial charge in [0.1, 0.15) is 5.75 Å². The number of carbonyl (C=O) groups is 1. The summed E-state index contributed by atoms with van der Waals surface area (Å²) in [7, 11) is -2.19. The number of methoxy groups -OCH3 is 1. The molecule has 2 aromatic carbocycles. The van der Waals surface area contributed by atoms with Gasteiger partial charge in [-0.3, -0.25) is 4.79 Å². The SMILES string of the molecule is CCN(CC(=O)Nc1cccc(OC)c1)S(=O)(=O)c1ccc2c(c1)CCCC2. The zero-order chi connectivity index (χ0) is 20.1. The Hall–Kier alpha value is -2.38. The number of benzene rings is 2. The van der Waals surface area contributed by atoms with Crippen LogP contribution in [0.15, 0.2) is 47.4 Å². The number of amides is 1. The Bertz CT molecular complexity index is 957. The first-order valence-electron chi connectivity index (χ1n) is 9.50. The van der Waals surface area contributed by atoms with E-state index in [2.05, 4.69) is 5.32 Å². The molecule has 0 radical (unpaired) electrons. The van der Waals surface area contributed by atoms with Crippen LogP contribution < -0.4 is 10.1 Å². The van der Waals surface area contributed by atoms with E-state index in [4.69, 9.17) is 4.74 Å². The molecule has 1 amide bonds. The summed E-state index contributed by atoms with van der Waals surface area (Å²) < 4.78 is 32.5. The van der Waals surface area contributed by atoms with Gasteiger partial charge in [0.2, 0.25) is 15.9 Å². The summed E-state index contributed by atoms with van der Waals surface area (Å²) >= 11 is 0. The molecule has 6 nitrogen and oxygen atoms in total. The number of carbonyl (C=O) groups excluding carboxylic acids is 1. The highest BCUT2D eigenvalue weighted by Crippen LogP contribution is 2.26. The van der Waals surface area contributed by atoms with Crippen molar-refractivity contribution in [3.63, 3.8) is 0 Å². The first-order chi connectivity index (χ1) is 13.4. The Morgan fingerprint density at radius 2 is 1.86 bits per heavy atom. The van der Waals surface area contributed by atoms with Crippen molar-refractivity contribution in [3.05, 3.63) is 53.6 Å². The molecule has 7 heteroatoms. The number of hydrogen-bond acceptors (Lipinski definition) is 4. The molecule has 28 heavy (non-hydrogen) atoms. The molecule has 0 heterocycles. The lowest BCUT2D eigenvalue weighted by atomic mass is 9.92. The van der Waals surface area contributed by atoms with E-state index in [0.29, 0.717) is 11.4 Å². The molecular formula is C21H26N2O4S. The number of ether oxygens (including phenoxy) is 1. The van der Waals surface area contributed by atoms with Crippen LogP contribution in [0.5, 0.6) is 5.75 Å². The number of likely N-dealkylation sites (N-methyl/N-ethyl adjacent to an activating group) is 1. The van der Waals surface area contributed by atoms with Crippen LogP contribution in [-0.4, -0.2) is 38.8 Å². The van der Waals surface area contributed by atoms with Crippen molar-refractivity contribution in [1.29, 1.82) is 0 Å². The number of nitrogens with zero attached hydrogens (tertiary/aromatic N) is 1. The van der Waals surface area contributed by atoms with E-state index in [9.17, 15) is 13.2 Å². The van der Waals surface area contributed by atoms with Crippen molar-refractivity contribution in [1.82, 2.24) is 4.31 Å². The zero-order valence-electron chi connectivity index (χ0n) is 16.3. The molecule has 2 aromatic rings. The maximum absolute atomic E-state index is 13.1. The fourth-order valence-electron chi connectivity index (χ4n) is 3.45. The van der Waals surface area contributed by atoms with Gasteiger partial charge in [0.25, 0.3) is 0 Å². The number of aryl methyl sites for hydroxylation is 2. The molecule has 0 fully saturated rings. The number of sulfonamides is 1.